The molecule has 12 heteroatoms. The summed E-state index contributed by atoms with van der Waals surface area (Å²) in [7, 11) is 1.53. The number of thiazole rings is 1. The molecule has 41 heavy (non-hydrogen) atoms. The molecule has 0 bridgehead atoms. The first-order chi connectivity index (χ1) is 19.6. The average molecular weight is 705 g/mol. The van der Waals surface area contributed by atoms with Crippen molar-refractivity contribution in [2.45, 2.75) is 39.8 Å². The predicted octanol–water partition coefficient (Wildman–Crippen LogP) is 5.02. The maximum absolute atomic E-state index is 14.0. The smallest absolute Gasteiger partial charge is 0.338 e. The van der Waals surface area contributed by atoms with Gasteiger partial charge in [0.25, 0.3) is 5.56 Å². The Kier molecular flexibility index (Phi) is 9.73. The quantitative estimate of drug-likeness (QED) is 0.288. The van der Waals surface area contributed by atoms with Crippen LogP contribution < -0.4 is 29.1 Å². The molecule has 214 valence electrons. The number of benzene rings is 2. The summed E-state index contributed by atoms with van der Waals surface area (Å²) in [5, 5.41) is 9.04. The van der Waals surface area contributed by atoms with Gasteiger partial charge in [0.1, 0.15) is 11.8 Å². The summed E-state index contributed by atoms with van der Waals surface area (Å²) in [6.45, 7) is 7.28. The number of ether oxygens (including phenoxy) is 4. The zero-order valence-electron chi connectivity index (χ0n) is 23.0. The molecule has 0 unspecified atom stereocenters. The molecule has 2 heterocycles. The number of fused-ring (bicyclic) bond motifs is 1. The zero-order valence-corrected chi connectivity index (χ0v) is 27.0. The Balaban J connectivity index is 1.97. The van der Waals surface area contributed by atoms with Crippen molar-refractivity contribution < 1.29 is 23.7 Å². The number of esters is 1. The van der Waals surface area contributed by atoms with Crippen molar-refractivity contribution in [3.8, 4) is 23.3 Å². The highest BCUT2D eigenvalue weighted by Gasteiger charge is 2.34. The molecular formula is C29H27Br2N3O6S. The fraction of sp³-hybridized carbons (Fsp3) is 0.310. The predicted molar refractivity (Wildman–Crippen MR) is 162 cm³/mol. The molecular weight excluding hydrogens is 678 g/mol. The minimum absolute atomic E-state index is 0.0789. The first-order valence-corrected chi connectivity index (χ1v) is 15.0. The van der Waals surface area contributed by atoms with Gasteiger partial charge >= 0.3 is 5.97 Å². The highest BCUT2D eigenvalue weighted by atomic mass is 79.9. The third-order valence-electron chi connectivity index (χ3n) is 5.99. The average Bonchev–Trinajstić information content (AvgIpc) is 3.21. The lowest BCUT2D eigenvalue weighted by Gasteiger charge is -2.25. The first-order valence-electron chi connectivity index (χ1n) is 12.6. The van der Waals surface area contributed by atoms with Crippen molar-refractivity contribution in [2.24, 2.45) is 4.99 Å². The number of halogens is 2. The Morgan fingerprint density at radius 2 is 2.00 bits per heavy atom. The highest BCUT2D eigenvalue weighted by molar-refractivity contribution is 9.11. The Bertz CT molecular complexity index is 1750. The van der Waals surface area contributed by atoms with Crippen molar-refractivity contribution in [3.63, 3.8) is 0 Å². The first kappa shape index (κ1) is 30.6. The van der Waals surface area contributed by atoms with E-state index in [0.29, 0.717) is 47.9 Å². The number of nitrogens with zero attached hydrogens (tertiary/aromatic N) is 3. The number of allylic oxidation sites excluding steroid dienone is 1. The minimum atomic E-state index is -0.821. The van der Waals surface area contributed by atoms with E-state index < -0.39 is 12.0 Å². The van der Waals surface area contributed by atoms with Gasteiger partial charge in [-0.15, -0.1) is 0 Å². The van der Waals surface area contributed by atoms with Gasteiger partial charge in [-0.05, 0) is 79.5 Å². The molecule has 0 radical (unpaired) electrons. The number of aromatic nitrogens is 1. The second-order valence-corrected chi connectivity index (χ2v) is 11.9. The van der Waals surface area contributed by atoms with Crippen LogP contribution >= 0.6 is 43.2 Å². The van der Waals surface area contributed by atoms with Crippen LogP contribution in [0.2, 0.25) is 0 Å². The van der Waals surface area contributed by atoms with Gasteiger partial charge in [-0.3, -0.25) is 9.36 Å². The van der Waals surface area contributed by atoms with E-state index in [2.05, 4.69) is 36.9 Å². The third kappa shape index (κ3) is 6.42. The van der Waals surface area contributed by atoms with Crippen LogP contribution in [-0.4, -0.2) is 37.0 Å². The largest absolute Gasteiger partial charge is 0.493 e. The fourth-order valence-corrected chi connectivity index (χ4v) is 6.81. The minimum Gasteiger partial charge on any atom is -0.493 e. The lowest BCUT2D eigenvalue weighted by atomic mass is 9.95. The van der Waals surface area contributed by atoms with E-state index in [1.807, 2.05) is 19.9 Å². The molecule has 0 spiro atoms. The van der Waals surface area contributed by atoms with Crippen LogP contribution in [0.5, 0.6) is 17.2 Å². The molecule has 0 N–H and O–H groups in total. The van der Waals surface area contributed by atoms with Gasteiger partial charge in [0.15, 0.2) is 22.9 Å². The van der Waals surface area contributed by atoms with Crippen LogP contribution in [0.4, 0.5) is 0 Å². The van der Waals surface area contributed by atoms with Crippen LogP contribution in [0.25, 0.3) is 6.08 Å². The highest BCUT2D eigenvalue weighted by Crippen LogP contribution is 2.37. The van der Waals surface area contributed by atoms with E-state index in [1.54, 1.807) is 50.3 Å². The Hall–Kier alpha value is -3.40. The Labute approximate surface area is 257 Å². The molecule has 3 aromatic rings. The van der Waals surface area contributed by atoms with Gasteiger partial charge in [0, 0.05) is 10.0 Å². The molecule has 0 aliphatic carbocycles. The number of carbonyl (C=O) groups is 1. The van der Waals surface area contributed by atoms with Crippen molar-refractivity contribution >= 4 is 55.2 Å². The van der Waals surface area contributed by atoms with Gasteiger partial charge in [0.05, 0.1) is 46.1 Å². The molecule has 1 atom stereocenters. The van der Waals surface area contributed by atoms with E-state index in [9.17, 15) is 9.59 Å². The molecule has 0 saturated heterocycles. The second-order valence-electron chi connectivity index (χ2n) is 9.13. The Morgan fingerprint density at radius 1 is 1.24 bits per heavy atom. The molecule has 0 amide bonds. The number of carbonyl (C=O) groups excluding carboxylic acids is 1. The summed E-state index contributed by atoms with van der Waals surface area (Å²) in [6.07, 6.45) is 1.61. The number of hydrogen-bond donors (Lipinski definition) is 0. The molecule has 4 rings (SSSR count). The van der Waals surface area contributed by atoms with Gasteiger partial charge in [-0.2, -0.15) is 5.26 Å². The molecule has 9 nitrogen and oxygen atoms in total. The van der Waals surface area contributed by atoms with E-state index in [0.717, 1.165) is 4.47 Å². The molecule has 2 aromatic carbocycles. The van der Waals surface area contributed by atoms with Crippen molar-refractivity contribution in [3.05, 3.63) is 81.4 Å². The fourth-order valence-electron chi connectivity index (χ4n) is 4.40. The summed E-state index contributed by atoms with van der Waals surface area (Å²) < 4.78 is 25.7. The number of hydrogen-bond acceptors (Lipinski definition) is 9. The van der Waals surface area contributed by atoms with Crippen molar-refractivity contribution in [1.82, 2.24) is 4.57 Å². The second kappa shape index (κ2) is 13.1. The van der Waals surface area contributed by atoms with Crippen LogP contribution in [0.3, 0.4) is 0 Å². The van der Waals surface area contributed by atoms with Crippen molar-refractivity contribution in [1.29, 1.82) is 5.26 Å². The SMILES string of the molecule is CCOC(=O)C1=C(C)N=c2s/c(=C/c3cc(Br)cc(Br)c3OCC#N)c(=O)n2[C@@H]1c1ccc(OC(C)C)c(OC)c1. The topological polar surface area (TPSA) is 112 Å². The van der Waals surface area contributed by atoms with Crippen LogP contribution in [0.15, 0.2) is 60.3 Å². The third-order valence-corrected chi connectivity index (χ3v) is 8.02. The molecule has 1 aliphatic heterocycles. The summed E-state index contributed by atoms with van der Waals surface area (Å²) in [4.78, 5) is 32.3. The maximum atomic E-state index is 14.0. The van der Waals surface area contributed by atoms with E-state index >= 15 is 0 Å². The lowest BCUT2D eigenvalue weighted by Crippen LogP contribution is -2.40. The zero-order chi connectivity index (χ0) is 29.8. The lowest BCUT2D eigenvalue weighted by molar-refractivity contribution is -0.139. The monoisotopic (exact) mass is 703 g/mol. The summed E-state index contributed by atoms with van der Waals surface area (Å²) in [5.74, 6) is 0.875. The molecule has 1 aromatic heterocycles. The molecule has 0 saturated carbocycles. The normalized spacial score (nSPS) is 14.8. The maximum Gasteiger partial charge on any atom is 0.338 e. The molecule has 0 fully saturated rings. The van der Waals surface area contributed by atoms with Gasteiger partial charge in [-0.1, -0.05) is 33.3 Å². The molecule has 1 aliphatic rings. The van der Waals surface area contributed by atoms with E-state index in [4.69, 9.17) is 24.2 Å². The standard InChI is InChI=1S/C29H27Br2N3O6S/c1-6-38-28(36)24-16(4)33-29-34(25(24)17-7-8-21(40-15(2)3)22(12-17)37-5)27(35)23(41-29)13-18-11-19(30)14-20(31)26(18)39-10-9-32/h7-8,11-15,25H,6,10H2,1-5H3/b23-13+/t25-/m1/s1. The van der Waals surface area contributed by atoms with Crippen LogP contribution in [0.1, 0.15) is 44.9 Å². The summed E-state index contributed by atoms with van der Waals surface area (Å²) >= 11 is 8.14. The summed E-state index contributed by atoms with van der Waals surface area (Å²) in [5.41, 5.74) is 1.57. The summed E-state index contributed by atoms with van der Waals surface area (Å²) in [6, 6.07) is 10.1. The van der Waals surface area contributed by atoms with E-state index in [1.165, 1.54) is 23.0 Å². The van der Waals surface area contributed by atoms with Crippen LogP contribution in [-0.2, 0) is 9.53 Å². The van der Waals surface area contributed by atoms with Gasteiger partial charge in [0.2, 0.25) is 0 Å². The van der Waals surface area contributed by atoms with Crippen molar-refractivity contribution in [2.75, 3.05) is 20.3 Å². The van der Waals surface area contributed by atoms with Gasteiger partial charge < -0.3 is 18.9 Å². The van der Waals surface area contributed by atoms with E-state index in [-0.39, 0.29) is 30.5 Å². The van der Waals surface area contributed by atoms with Crippen LogP contribution in [0, 0.1) is 11.3 Å². The number of nitriles is 1. The van der Waals surface area contributed by atoms with Gasteiger partial charge in [-0.25, -0.2) is 9.79 Å². The Morgan fingerprint density at radius 3 is 2.66 bits per heavy atom. The number of methoxy groups -OCH3 is 1. The number of rotatable bonds is 9.